The van der Waals surface area contributed by atoms with Crippen LogP contribution in [0.4, 0.5) is 0 Å². The Hall–Kier alpha value is -1.26. The van der Waals surface area contributed by atoms with Gasteiger partial charge in [-0.15, -0.1) is 0 Å². The lowest BCUT2D eigenvalue weighted by molar-refractivity contribution is 0.123. The van der Waals surface area contributed by atoms with Crippen LogP contribution in [0.1, 0.15) is 17.9 Å². The van der Waals surface area contributed by atoms with Gasteiger partial charge in [0, 0.05) is 18.0 Å². The van der Waals surface area contributed by atoms with Crippen molar-refractivity contribution in [1.29, 1.82) is 0 Å². The van der Waals surface area contributed by atoms with Gasteiger partial charge in [-0.05, 0) is 24.6 Å². The minimum Gasteiger partial charge on any atom is -0.497 e. The summed E-state index contributed by atoms with van der Waals surface area (Å²) < 4.78 is 10.7. The average Bonchev–Trinajstić information content (AvgIpc) is 2.36. The Labute approximate surface area is 95.0 Å². The average molecular weight is 223 g/mol. The number of nitrogens with two attached hydrogens (primary N) is 1. The predicted molar refractivity (Wildman–Crippen MR) is 60.9 cm³/mol. The molecule has 2 atom stereocenters. The molecular formula is C12H17NO3. The van der Waals surface area contributed by atoms with Crippen LogP contribution in [0.2, 0.25) is 0 Å². The molecule has 0 saturated carbocycles. The van der Waals surface area contributed by atoms with E-state index in [9.17, 15) is 5.11 Å². The summed E-state index contributed by atoms with van der Waals surface area (Å²) in [6.45, 7) is 0.891. The first-order valence-electron chi connectivity index (χ1n) is 5.45. The first-order chi connectivity index (χ1) is 7.76. The summed E-state index contributed by atoms with van der Waals surface area (Å²) in [4.78, 5) is 0. The van der Waals surface area contributed by atoms with E-state index >= 15 is 0 Å². The summed E-state index contributed by atoms with van der Waals surface area (Å²) >= 11 is 0. The van der Waals surface area contributed by atoms with Crippen LogP contribution >= 0.6 is 0 Å². The molecule has 2 rings (SSSR count). The van der Waals surface area contributed by atoms with Crippen molar-refractivity contribution in [3.05, 3.63) is 23.8 Å². The van der Waals surface area contributed by atoms with Crippen molar-refractivity contribution in [2.24, 2.45) is 5.73 Å². The van der Waals surface area contributed by atoms with Crippen LogP contribution in [0, 0.1) is 0 Å². The van der Waals surface area contributed by atoms with Crippen molar-refractivity contribution in [3.63, 3.8) is 0 Å². The van der Waals surface area contributed by atoms with Gasteiger partial charge in [0.1, 0.15) is 11.5 Å². The first kappa shape index (κ1) is 11.2. The van der Waals surface area contributed by atoms with Gasteiger partial charge < -0.3 is 20.3 Å². The van der Waals surface area contributed by atoms with Crippen LogP contribution in [-0.4, -0.2) is 31.5 Å². The number of fused-ring (bicyclic) bond motifs is 1. The minimum atomic E-state index is -0.519. The number of methoxy groups -OCH3 is 1. The van der Waals surface area contributed by atoms with Gasteiger partial charge in [-0.2, -0.15) is 0 Å². The summed E-state index contributed by atoms with van der Waals surface area (Å²) in [5.74, 6) is 1.65. The molecule has 1 aromatic carbocycles. The van der Waals surface area contributed by atoms with E-state index in [0.29, 0.717) is 6.61 Å². The second-order valence-corrected chi connectivity index (χ2v) is 3.95. The maximum atomic E-state index is 9.87. The van der Waals surface area contributed by atoms with Gasteiger partial charge >= 0.3 is 0 Å². The number of benzene rings is 1. The largest absolute Gasteiger partial charge is 0.497 e. The lowest BCUT2D eigenvalue weighted by Gasteiger charge is -2.29. The SMILES string of the molecule is COc1ccc2c(c1)C(C(O)CN)CCO2. The molecule has 3 N–H and O–H groups in total. The highest BCUT2D eigenvalue weighted by atomic mass is 16.5. The third-order valence-corrected chi connectivity index (χ3v) is 3.01. The Morgan fingerprint density at radius 2 is 2.44 bits per heavy atom. The van der Waals surface area contributed by atoms with Crippen molar-refractivity contribution in [2.75, 3.05) is 20.3 Å². The number of hydrogen-bond acceptors (Lipinski definition) is 4. The lowest BCUT2D eigenvalue weighted by Crippen LogP contribution is -2.31. The van der Waals surface area contributed by atoms with E-state index < -0.39 is 6.10 Å². The number of rotatable bonds is 3. The van der Waals surface area contributed by atoms with E-state index in [0.717, 1.165) is 23.5 Å². The molecule has 1 aliphatic rings. The Morgan fingerprint density at radius 3 is 3.12 bits per heavy atom. The van der Waals surface area contributed by atoms with E-state index in [1.807, 2.05) is 18.2 Å². The van der Waals surface area contributed by atoms with Gasteiger partial charge in [0.2, 0.25) is 0 Å². The molecule has 1 aliphatic heterocycles. The van der Waals surface area contributed by atoms with Crippen molar-refractivity contribution in [1.82, 2.24) is 0 Å². The van der Waals surface area contributed by atoms with Gasteiger partial charge in [0.25, 0.3) is 0 Å². The molecule has 4 heteroatoms. The van der Waals surface area contributed by atoms with E-state index in [1.165, 1.54) is 0 Å². The van der Waals surface area contributed by atoms with Crippen LogP contribution < -0.4 is 15.2 Å². The highest BCUT2D eigenvalue weighted by molar-refractivity contribution is 5.44. The minimum absolute atomic E-state index is 0.0452. The molecule has 2 unspecified atom stereocenters. The highest BCUT2D eigenvalue weighted by Crippen LogP contribution is 2.37. The van der Waals surface area contributed by atoms with Crippen LogP contribution in [-0.2, 0) is 0 Å². The van der Waals surface area contributed by atoms with Gasteiger partial charge in [-0.1, -0.05) is 0 Å². The molecule has 0 saturated heterocycles. The molecule has 0 aromatic heterocycles. The molecule has 1 heterocycles. The maximum absolute atomic E-state index is 9.87. The third-order valence-electron chi connectivity index (χ3n) is 3.01. The molecule has 16 heavy (non-hydrogen) atoms. The van der Waals surface area contributed by atoms with Crippen LogP contribution in [0.25, 0.3) is 0 Å². The second-order valence-electron chi connectivity index (χ2n) is 3.95. The summed E-state index contributed by atoms with van der Waals surface area (Å²) in [7, 11) is 1.62. The fourth-order valence-corrected chi connectivity index (χ4v) is 2.09. The molecular weight excluding hydrogens is 206 g/mol. The van der Waals surface area contributed by atoms with Crippen LogP contribution in [0.15, 0.2) is 18.2 Å². The third kappa shape index (κ3) is 1.99. The van der Waals surface area contributed by atoms with E-state index in [2.05, 4.69) is 0 Å². The van der Waals surface area contributed by atoms with Crippen molar-refractivity contribution < 1.29 is 14.6 Å². The van der Waals surface area contributed by atoms with Gasteiger partial charge in [0.05, 0.1) is 19.8 Å². The maximum Gasteiger partial charge on any atom is 0.123 e. The standard InChI is InChI=1S/C12H17NO3/c1-15-8-2-3-12-10(6-8)9(4-5-16-12)11(14)7-13/h2-3,6,9,11,14H,4-5,7,13H2,1H3. The molecule has 4 nitrogen and oxygen atoms in total. The van der Waals surface area contributed by atoms with Gasteiger partial charge in [-0.3, -0.25) is 0 Å². The zero-order valence-corrected chi connectivity index (χ0v) is 9.35. The smallest absolute Gasteiger partial charge is 0.123 e. The van der Waals surface area contributed by atoms with E-state index in [1.54, 1.807) is 7.11 Å². The second kappa shape index (κ2) is 4.72. The molecule has 0 radical (unpaired) electrons. The zero-order valence-electron chi connectivity index (χ0n) is 9.35. The molecule has 88 valence electrons. The Balaban J connectivity index is 2.35. The number of aliphatic hydroxyl groups excluding tert-OH is 1. The summed E-state index contributed by atoms with van der Waals surface area (Å²) in [6.07, 6.45) is 0.271. The summed E-state index contributed by atoms with van der Waals surface area (Å²) in [6, 6.07) is 5.65. The zero-order chi connectivity index (χ0) is 11.5. The van der Waals surface area contributed by atoms with Gasteiger partial charge in [0.15, 0.2) is 0 Å². The normalized spacial score (nSPS) is 20.8. The van der Waals surface area contributed by atoms with E-state index in [-0.39, 0.29) is 12.5 Å². The molecule has 1 aromatic rings. The van der Waals surface area contributed by atoms with Crippen LogP contribution in [0.5, 0.6) is 11.5 Å². The quantitative estimate of drug-likeness (QED) is 0.798. The van der Waals surface area contributed by atoms with Crippen molar-refractivity contribution in [3.8, 4) is 11.5 Å². The topological polar surface area (TPSA) is 64.7 Å². The van der Waals surface area contributed by atoms with Crippen LogP contribution in [0.3, 0.4) is 0 Å². The number of ether oxygens (including phenoxy) is 2. The number of hydrogen-bond donors (Lipinski definition) is 2. The molecule has 0 amide bonds. The Bertz CT molecular complexity index is 367. The fourth-order valence-electron chi connectivity index (χ4n) is 2.09. The monoisotopic (exact) mass is 223 g/mol. The van der Waals surface area contributed by atoms with Crippen molar-refractivity contribution in [2.45, 2.75) is 18.4 Å². The van der Waals surface area contributed by atoms with Crippen molar-refractivity contribution >= 4 is 0 Å². The lowest BCUT2D eigenvalue weighted by atomic mass is 9.88. The molecule has 0 spiro atoms. The molecule has 0 fully saturated rings. The fraction of sp³-hybridized carbons (Fsp3) is 0.500. The predicted octanol–water partition coefficient (Wildman–Crippen LogP) is 0.881. The highest BCUT2D eigenvalue weighted by Gasteiger charge is 2.27. The molecule has 0 bridgehead atoms. The number of aliphatic hydroxyl groups is 1. The molecule has 0 aliphatic carbocycles. The summed E-state index contributed by atoms with van der Waals surface area (Å²) in [5.41, 5.74) is 6.50. The van der Waals surface area contributed by atoms with E-state index in [4.69, 9.17) is 15.2 Å². The Morgan fingerprint density at radius 1 is 1.62 bits per heavy atom. The van der Waals surface area contributed by atoms with Gasteiger partial charge in [-0.25, -0.2) is 0 Å². The first-order valence-corrected chi connectivity index (χ1v) is 5.45. The Kier molecular flexibility index (Phi) is 3.31. The summed E-state index contributed by atoms with van der Waals surface area (Å²) in [5, 5.41) is 9.87.